The van der Waals surface area contributed by atoms with Crippen molar-refractivity contribution in [3.05, 3.63) is 45.7 Å². The maximum absolute atomic E-state index is 12.5. The molecule has 3 rings (SSSR count). The van der Waals surface area contributed by atoms with Crippen LogP contribution in [0.1, 0.15) is 18.3 Å². The van der Waals surface area contributed by atoms with Gasteiger partial charge in [-0.25, -0.2) is 9.36 Å². The number of carbonyl (C=O) groups is 1. The van der Waals surface area contributed by atoms with Crippen LogP contribution in [0.3, 0.4) is 0 Å². The van der Waals surface area contributed by atoms with Crippen LogP contribution in [0.5, 0.6) is 0 Å². The number of nitrogens with two attached hydrogens (primary N) is 1. The zero-order chi connectivity index (χ0) is 19.7. The number of benzene rings is 1. The molecule has 27 heavy (non-hydrogen) atoms. The normalized spacial score (nSPS) is 12.2. The van der Waals surface area contributed by atoms with Crippen molar-refractivity contribution >= 4 is 46.6 Å². The highest BCUT2D eigenvalue weighted by Gasteiger charge is 2.21. The Bertz CT molecular complexity index is 1000. The van der Waals surface area contributed by atoms with Crippen LogP contribution >= 0.6 is 35.0 Å². The molecule has 8 nitrogen and oxygen atoms in total. The van der Waals surface area contributed by atoms with Crippen molar-refractivity contribution in [2.24, 2.45) is 0 Å². The number of rotatable bonds is 5. The zero-order valence-corrected chi connectivity index (χ0v) is 17.1. The van der Waals surface area contributed by atoms with E-state index in [2.05, 4.69) is 20.6 Å². The number of hydrogen-bond acceptors (Lipinski definition) is 6. The van der Waals surface area contributed by atoms with Gasteiger partial charge in [-0.15, -0.1) is 10.2 Å². The first-order valence-electron chi connectivity index (χ1n) is 7.93. The van der Waals surface area contributed by atoms with Crippen molar-refractivity contribution < 1.29 is 4.79 Å². The van der Waals surface area contributed by atoms with Gasteiger partial charge in [-0.1, -0.05) is 35.0 Å². The van der Waals surface area contributed by atoms with Gasteiger partial charge in [0.15, 0.2) is 0 Å². The SMILES string of the molecule is Cc1cc(C)n(-c2nnc(SC(C)C(=O)Nc3ccc(Cl)cc3Cl)n2N)n1. The Morgan fingerprint density at radius 1 is 1.26 bits per heavy atom. The molecule has 0 saturated heterocycles. The molecule has 0 aliphatic carbocycles. The molecule has 1 amide bonds. The molecule has 0 aliphatic heterocycles. The minimum absolute atomic E-state index is 0.250. The van der Waals surface area contributed by atoms with Crippen LogP contribution in [-0.2, 0) is 4.79 Å². The van der Waals surface area contributed by atoms with E-state index in [-0.39, 0.29) is 5.91 Å². The van der Waals surface area contributed by atoms with Crippen LogP contribution in [-0.4, -0.2) is 35.8 Å². The lowest BCUT2D eigenvalue weighted by Crippen LogP contribution is -2.24. The Kier molecular flexibility index (Phi) is 5.64. The number of thioether (sulfide) groups is 1. The standard InChI is InChI=1S/C16H17Cl2N7OS/c1-8-6-9(2)25(23-8)15-21-22-16(24(15)19)27-10(3)14(26)20-13-5-4-11(17)7-12(13)18/h4-7,10H,19H2,1-3H3,(H,20,26). The molecule has 0 aliphatic rings. The van der Waals surface area contributed by atoms with Crippen molar-refractivity contribution in [1.82, 2.24) is 24.7 Å². The minimum Gasteiger partial charge on any atom is -0.334 e. The summed E-state index contributed by atoms with van der Waals surface area (Å²) in [6.45, 7) is 5.51. The number of aromatic nitrogens is 5. The van der Waals surface area contributed by atoms with Gasteiger partial charge in [-0.2, -0.15) is 5.10 Å². The molecule has 0 fully saturated rings. The van der Waals surface area contributed by atoms with E-state index in [0.717, 1.165) is 11.4 Å². The van der Waals surface area contributed by atoms with Crippen molar-refractivity contribution in [2.75, 3.05) is 11.2 Å². The third-order valence-electron chi connectivity index (χ3n) is 3.69. The van der Waals surface area contributed by atoms with Gasteiger partial charge in [-0.05, 0) is 45.0 Å². The quantitative estimate of drug-likeness (QED) is 0.480. The van der Waals surface area contributed by atoms with Gasteiger partial charge >= 0.3 is 0 Å². The highest BCUT2D eigenvalue weighted by atomic mass is 35.5. The second-order valence-electron chi connectivity index (χ2n) is 5.86. The molecule has 0 radical (unpaired) electrons. The molecule has 0 spiro atoms. The van der Waals surface area contributed by atoms with E-state index in [9.17, 15) is 4.79 Å². The lowest BCUT2D eigenvalue weighted by molar-refractivity contribution is -0.115. The van der Waals surface area contributed by atoms with E-state index in [1.165, 1.54) is 16.4 Å². The summed E-state index contributed by atoms with van der Waals surface area (Å²) in [5, 5.41) is 16.0. The number of nitrogens with zero attached hydrogens (tertiary/aromatic N) is 5. The number of carbonyl (C=O) groups excluding carboxylic acids is 1. The van der Waals surface area contributed by atoms with Crippen molar-refractivity contribution in [3.63, 3.8) is 0 Å². The molecule has 3 N–H and O–H groups in total. The fraction of sp³-hybridized carbons (Fsp3) is 0.250. The Hall–Kier alpha value is -2.23. The van der Waals surface area contributed by atoms with E-state index in [1.807, 2.05) is 19.9 Å². The zero-order valence-electron chi connectivity index (χ0n) is 14.8. The predicted molar refractivity (Wildman–Crippen MR) is 107 cm³/mol. The lowest BCUT2D eigenvalue weighted by atomic mass is 10.3. The molecule has 1 atom stereocenters. The molecule has 0 saturated carbocycles. The Balaban J connectivity index is 1.73. The summed E-state index contributed by atoms with van der Waals surface area (Å²) in [4.78, 5) is 12.5. The summed E-state index contributed by atoms with van der Waals surface area (Å²) >= 11 is 13.1. The van der Waals surface area contributed by atoms with Crippen LogP contribution in [0.2, 0.25) is 10.0 Å². The minimum atomic E-state index is -0.489. The molecule has 3 aromatic rings. The first-order chi connectivity index (χ1) is 12.8. The molecule has 0 bridgehead atoms. The number of hydrogen-bond donors (Lipinski definition) is 2. The van der Waals surface area contributed by atoms with E-state index < -0.39 is 5.25 Å². The monoisotopic (exact) mass is 425 g/mol. The summed E-state index contributed by atoms with van der Waals surface area (Å²) in [5.74, 6) is 6.22. The summed E-state index contributed by atoms with van der Waals surface area (Å²) in [6.07, 6.45) is 0. The van der Waals surface area contributed by atoms with Crippen LogP contribution < -0.4 is 11.2 Å². The highest BCUT2D eigenvalue weighted by molar-refractivity contribution is 8.00. The van der Waals surface area contributed by atoms with E-state index in [1.54, 1.807) is 29.8 Å². The first-order valence-corrected chi connectivity index (χ1v) is 9.56. The topological polar surface area (TPSA) is 104 Å². The molecule has 2 heterocycles. The smallest absolute Gasteiger partial charge is 0.271 e. The maximum atomic E-state index is 12.5. The Morgan fingerprint density at radius 2 is 2.00 bits per heavy atom. The van der Waals surface area contributed by atoms with Crippen LogP contribution in [0.4, 0.5) is 5.69 Å². The van der Waals surface area contributed by atoms with Crippen molar-refractivity contribution in [3.8, 4) is 5.95 Å². The van der Waals surface area contributed by atoms with E-state index in [0.29, 0.717) is 26.8 Å². The van der Waals surface area contributed by atoms with Crippen molar-refractivity contribution in [1.29, 1.82) is 0 Å². The Morgan fingerprint density at radius 3 is 2.63 bits per heavy atom. The van der Waals surface area contributed by atoms with Crippen LogP contribution in [0, 0.1) is 13.8 Å². The second kappa shape index (κ2) is 7.79. The average Bonchev–Trinajstić information content (AvgIpc) is 3.12. The molecule has 11 heteroatoms. The number of amides is 1. The maximum Gasteiger partial charge on any atom is 0.271 e. The number of anilines is 1. The van der Waals surface area contributed by atoms with Gasteiger partial charge in [0, 0.05) is 10.7 Å². The van der Waals surface area contributed by atoms with Gasteiger partial charge < -0.3 is 11.2 Å². The van der Waals surface area contributed by atoms with E-state index in [4.69, 9.17) is 29.0 Å². The molecule has 1 aromatic carbocycles. The predicted octanol–water partition coefficient (Wildman–Crippen LogP) is 3.22. The first kappa shape index (κ1) is 19.5. The number of halogens is 2. The van der Waals surface area contributed by atoms with Crippen LogP contribution in [0.25, 0.3) is 5.95 Å². The largest absolute Gasteiger partial charge is 0.334 e. The van der Waals surface area contributed by atoms with Gasteiger partial charge in [0.25, 0.3) is 5.95 Å². The molecule has 1 unspecified atom stereocenters. The number of aryl methyl sites for hydroxylation is 2. The Labute approximate surface area is 170 Å². The molecule has 142 valence electrons. The summed E-state index contributed by atoms with van der Waals surface area (Å²) < 4.78 is 2.91. The molecule has 2 aromatic heterocycles. The van der Waals surface area contributed by atoms with Crippen molar-refractivity contribution in [2.45, 2.75) is 31.2 Å². The van der Waals surface area contributed by atoms with Gasteiger partial charge in [0.1, 0.15) is 0 Å². The second-order valence-corrected chi connectivity index (χ2v) is 8.02. The third-order valence-corrected chi connectivity index (χ3v) is 5.29. The summed E-state index contributed by atoms with van der Waals surface area (Å²) in [7, 11) is 0. The van der Waals surface area contributed by atoms with Gasteiger partial charge in [0.05, 0.1) is 21.7 Å². The third kappa shape index (κ3) is 4.20. The highest BCUT2D eigenvalue weighted by Crippen LogP contribution is 2.27. The van der Waals surface area contributed by atoms with E-state index >= 15 is 0 Å². The van der Waals surface area contributed by atoms with Crippen LogP contribution in [0.15, 0.2) is 29.4 Å². The molecular formula is C16H17Cl2N7OS. The summed E-state index contributed by atoms with van der Waals surface area (Å²) in [5.41, 5.74) is 2.21. The van der Waals surface area contributed by atoms with Gasteiger partial charge in [-0.3, -0.25) is 4.79 Å². The molecular weight excluding hydrogens is 409 g/mol. The lowest BCUT2D eigenvalue weighted by Gasteiger charge is -2.12. The number of nitrogen functional groups attached to an aromatic ring is 1. The van der Waals surface area contributed by atoms with Gasteiger partial charge in [0.2, 0.25) is 11.1 Å². The number of nitrogens with one attached hydrogen (secondary N) is 1. The fourth-order valence-electron chi connectivity index (χ4n) is 2.36. The fourth-order valence-corrected chi connectivity index (χ4v) is 3.58. The summed E-state index contributed by atoms with van der Waals surface area (Å²) in [6, 6.07) is 6.77. The average molecular weight is 426 g/mol.